The summed E-state index contributed by atoms with van der Waals surface area (Å²) in [6.45, 7) is 1.78. The quantitative estimate of drug-likeness (QED) is 0.876. The minimum atomic E-state index is -4.48. The lowest BCUT2D eigenvalue weighted by molar-refractivity contribution is -0.137. The van der Waals surface area contributed by atoms with Gasteiger partial charge in [-0.15, -0.1) is 24.2 Å². The van der Waals surface area contributed by atoms with E-state index < -0.39 is 17.7 Å². The number of imidazole rings is 1. The minimum absolute atomic E-state index is 0. The van der Waals surface area contributed by atoms with Gasteiger partial charge in [0.2, 0.25) is 0 Å². The van der Waals surface area contributed by atoms with Crippen molar-refractivity contribution in [3.8, 4) is 0 Å². The third-order valence-corrected chi connectivity index (χ3v) is 3.34. The Labute approximate surface area is 122 Å². The molecule has 110 valence electrons. The summed E-state index contributed by atoms with van der Waals surface area (Å²) in [5, 5.41) is 9.22. The van der Waals surface area contributed by atoms with Crippen LogP contribution in [-0.2, 0) is 6.18 Å². The van der Waals surface area contributed by atoms with Crippen molar-refractivity contribution < 1.29 is 23.1 Å². The van der Waals surface area contributed by atoms with E-state index in [-0.39, 0.29) is 28.8 Å². The summed E-state index contributed by atoms with van der Waals surface area (Å²) < 4.78 is 39.1. The number of fused-ring (bicyclic) bond motifs is 1. The molecule has 20 heavy (non-hydrogen) atoms. The number of carboxylic acid groups (broad SMARTS) is 1. The van der Waals surface area contributed by atoms with Crippen LogP contribution in [0.5, 0.6) is 0 Å². The summed E-state index contributed by atoms with van der Waals surface area (Å²) in [6, 6.07) is 2.04. The molecule has 0 saturated heterocycles. The zero-order valence-corrected chi connectivity index (χ0v) is 11.8. The van der Waals surface area contributed by atoms with E-state index >= 15 is 0 Å². The first-order valence-electron chi connectivity index (χ1n) is 5.30. The number of halogens is 4. The third kappa shape index (κ3) is 3.01. The van der Waals surface area contributed by atoms with Gasteiger partial charge in [0, 0.05) is 6.20 Å². The van der Waals surface area contributed by atoms with Crippen molar-refractivity contribution in [1.82, 2.24) is 9.38 Å². The number of rotatable bonds is 3. The summed E-state index contributed by atoms with van der Waals surface area (Å²) in [5.74, 6) is -0.724. The van der Waals surface area contributed by atoms with Crippen molar-refractivity contribution >= 4 is 35.8 Å². The molecule has 1 N–H and O–H groups in total. The molecule has 2 aromatic heterocycles. The molecule has 2 rings (SSSR count). The summed E-state index contributed by atoms with van der Waals surface area (Å²) in [7, 11) is 0. The number of thioether (sulfide) groups is 1. The van der Waals surface area contributed by atoms with Crippen LogP contribution in [0.4, 0.5) is 13.2 Å². The summed E-state index contributed by atoms with van der Waals surface area (Å²) >= 11 is 1.14. The number of nitrogens with zero attached hydrogens (tertiary/aromatic N) is 2. The molecule has 0 aliphatic heterocycles. The molecule has 0 unspecified atom stereocenters. The van der Waals surface area contributed by atoms with E-state index in [0.717, 1.165) is 30.1 Å². The maximum absolute atomic E-state index is 12.6. The molecule has 0 atom stereocenters. The number of carbonyl (C=O) groups is 1. The Hall–Kier alpha value is -1.41. The molecule has 2 heterocycles. The van der Waals surface area contributed by atoms with Crippen LogP contribution < -0.4 is 0 Å². The Morgan fingerprint density at radius 1 is 1.45 bits per heavy atom. The number of pyridine rings is 1. The number of aromatic carboxylic acids is 1. The normalized spacial score (nSPS) is 11.4. The Morgan fingerprint density at radius 3 is 2.60 bits per heavy atom. The molecule has 0 aromatic carbocycles. The zero-order valence-electron chi connectivity index (χ0n) is 10.1. The van der Waals surface area contributed by atoms with Crippen LogP contribution in [0.2, 0.25) is 0 Å². The predicted molar refractivity (Wildman–Crippen MR) is 70.8 cm³/mol. The summed E-state index contributed by atoms with van der Waals surface area (Å²) in [6.07, 6.45) is -3.61. The lowest BCUT2D eigenvalue weighted by Crippen LogP contribution is -2.06. The van der Waals surface area contributed by atoms with Crippen molar-refractivity contribution in [2.45, 2.75) is 18.1 Å². The highest BCUT2D eigenvalue weighted by molar-refractivity contribution is 7.99. The lowest BCUT2D eigenvalue weighted by Gasteiger charge is -2.07. The van der Waals surface area contributed by atoms with Gasteiger partial charge in [0.25, 0.3) is 0 Å². The van der Waals surface area contributed by atoms with E-state index in [2.05, 4.69) is 4.98 Å². The van der Waals surface area contributed by atoms with Crippen molar-refractivity contribution in [3.05, 3.63) is 29.6 Å². The standard InChI is InChI=1S/C11H9F3N2O2S.ClH/c1-2-19-9-8(10(17)18)15-7-4-3-6(5-16(7)9)11(12,13)14;/h3-5H,2H2,1H3,(H,17,18);1H. The van der Waals surface area contributed by atoms with Gasteiger partial charge in [-0.2, -0.15) is 13.2 Å². The van der Waals surface area contributed by atoms with E-state index in [0.29, 0.717) is 5.75 Å². The fraction of sp³-hybridized carbons (Fsp3) is 0.273. The predicted octanol–water partition coefficient (Wildman–Crippen LogP) is 3.59. The van der Waals surface area contributed by atoms with Gasteiger partial charge < -0.3 is 5.11 Å². The van der Waals surface area contributed by atoms with E-state index in [9.17, 15) is 18.0 Å². The SMILES string of the molecule is CCSc1c(C(=O)O)nc2ccc(C(F)(F)F)cn12.Cl. The van der Waals surface area contributed by atoms with E-state index in [1.54, 1.807) is 6.92 Å². The molecule has 0 amide bonds. The highest BCUT2D eigenvalue weighted by atomic mass is 35.5. The van der Waals surface area contributed by atoms with Gasteiger partial charge in [-0.05, 0) is 17.9 Å². The van der Waals surface area contributed by atoms with E-state index in [1.807, 2.05) is 0 Å². The van der Waals surface area contributed by atoms with Gasteiger partial charge in [0.1, 0.15) is 10.7 Å². The fourth-order valence-corrected chi connectivity index (χ4v) is 2.43. The molecule has 0 fully saturated rings. The number of alkyl halides is 3. The van der Waals surface area contributed by atoms with Gasteiger partial charge in [0.05, 0.1) is 5.56 Å². The Bertz CT molecular complexity index is 642. The van der Waals surface area contributed by atoms with Crippen LogP contribution in [0.25, 0.3) is 5.65 Å². The molecule has 9 heteroatoms. The third-order valence-electron chi connectivity index (χ3n) is 2.39. The first-order chi connectivity index (χ1) is 8.84. The molecule has 0 spiro atoms. The van der Waals surface area contributed by atoms with Crippen LogP contribution in [0.15, 0.2) is 23.4 Å². The first-order valence-corrected chi connectivity index (χ1v) is 6.28. The Balaban J connectivity index is 0.00000200. The first kappa shape index (κ1) is 16.6. The molecule has 4 nitrogen and oxygen atoms in total. The molecule has 0 radical (unpaired) electrons. The van der Waals surface area contributed by atoms with E-state index in [1.165, 1.54) is 4.40 Å². The summed E-state index contributed by atoms with van der Waals surface area (Å²) in [5.41, 5.74) is -0.889. The maximum atomic E-state index is 12.6. The van der Waals surface area contributed by atoms with Crippen LogP contribution >= 0.6 is 24.2 Å². The zero-order chi connectivity index (χ0) is 14.2. The second-order valence-corrected chi connectivity index (χ2v) is 4.90. The molecule has 2 aromatic rings. The molecular weight excluding hydrogens is 317 g/mol. The van der Waals surface area contributed by atoms with Gasteiger partial charge >= 0.3 is 12.1 Å². The van der Waals surface area contributed by atoms with Gasteiger partial charge in [-0.1, -0.05) is 6.92 Å². The van der Waals surface area contributed by atoms with Crippen molar-refractivity contribution in [1.29, 1.82) is 0 Å². The molecule has 0 aliphatic rings. The van der Waals surface area contributed by atoms with Gasteiger partial charge in [-0.25, -0.2) is 9.78 Å². The Kier molecular flexibility index (Phi) is 4.93. The molecule has 0 saturated carbocycles. The molecule has 0 aliphatic carbocycles. The maximum Gasteiger partial charge on any atom is 0.417 e. The average molecular weight is 327 g/mol. The van der Waals surface area contributed by atoms with Crippen LogP contribution in [-0.4, -0.2) is 26.2 Å². The number of hydrogen-bond donors (Lipinski definition) is 1. The van der Waals surface area contributed by atoms with Gasteiger partial charge in [0.15, 0.2) is 5.69 Å². The monoisotopic (exact) mass is 326 g/mol. The van der Waals surface area contributed by atoms with Gasteiger partial charge in [-0.3, -0.25) is 4.40 Å². The number of aromatic nitrogens is 2. The number of hydrogen-bond acceptors (Lipinski definition) is 3. The molecular formula is C11H10ClF3N2O2S. The average Bonchev–Trinajstić information content (AvgIpc) is 2.67. The van der Waals surface area contributed by atoms with Crippen molar-refractivity contribution in [2.24, 2.45) is 0 Å². The second kappa shape index (κ2) is 5.92. The van der Waals surface area contributed by atoms with Crippen molar-refractivity contribution in [2.75, 3.05) is 5.75 Å². The molecule has 0 bridgehead atoms. The van der Waals surface area contributed by atoms with E-state index in [4.69, 9.17) is 5.11 Å². The van der Waals surface area contributed by atoms with Crippen LogP contribution in [0.3, 0.4) is 0 Å². The lowest BCUT2D eigenvalue weighted by atomic mass is 10.3. The van der Waals surface area contributed by atoms with Crippen molar-refractivity contribution in [3.63, 3.8) is 0 Å². The number of carboxylic acids is 1. The smallest absolute Gasteiger partial charge is 0.417 e. The largest absolute Gasteiger partial charge is 0.476 e. The fourth-order valence-electron chi connectivity index (χ4n) is 1.60. The highest BCUT2D eigenvalue weighted by Crippen LogP contribution is 2.31. The summed E-state index contributed by atoms with van der Waals surface area (Å²) in [4.78, 5) is 14.9. The Morgan fingerprint density at radius 2 is 2.10 bits per heavy atom. The minimum Gasteiger partial charge on any atom is -0.476 e. The topological polar surface area (TPSA) is 54.6 Å². The van der Waals surface area contributed by atoms with Crippen LogP contribution in [0, 0.1) is 0 Å². The van der Waals surface area contributed by atoms with Crippen LogP contribution in [0.1, 0.15) is 23.0 Å². The highest BCUT2D eigenvalue weighted by Gasteiger charge is 2.31. The second-order valence-electron chi connectivity index (χ2n) is 3.65.